The van der Waals surface area contributed by atoms with Gasteiger partial charge in [-0.05, 0) is 84.7 Å². The Kier molecular flexibility index (Phi) is 7.06. The summed E-state index contributed by atoms with van der Waals surface area (Å²) in [7, 11) is 1.58. The van der Waals surface area contributed by atoms with E-state index in [0.717, 1.165) is 33.1 Å². The van der Waals surface area contributed by atoms with Crippen LogP contribution in [0.5, 0.6) is 11.5 Å². The zero-order valence-electron chi connectivity index (χ0n) is 25.1. The Morgan fingerprint density at radius 2 is 1.72 bits per heavy atom. The summed E-state index contributed by atoms with van der Waals surface area (Å²) in [6.45, 7) is 1.78. The van der Waals surface area contributed by atoms with Gasteiger partial charge in [0.05, 0.1) is 29.7 Å². The number of aryl methyl sites for hydroxylation is 1. The number of thioether (sulfide) groups is 1. The van der Waals surface area contributed by atoms with Crippen molar-refractivity contribution in [2.45, 2.75) is 29.5 Å². The number of fused-ring (bicyclic) bond motifs is 9. The van der Waals surface area contributed by atoms with Gasteiger partial charge in [0.25, 0.3) is 5.91 Å². The molecule has 0 radical (unpaired) electrons. The first kappa shape index (κ1) is 29.1. The molecule has 8 rings (SSSR count). The van der Waals surface area contributed by atoms with Gasteiger partial charge < -0.3 is 19.8 Å². The summed E-state index contributed by atoms with van der Waals surface area (Å²) in [5, 5.41) is 3.82. The molecule has 0 spiro atoms. The van der Waals surface area contributed by atoms with Crippen molar-refractivity contribution < 1.29 is 23.9 Å². The van der Waals surface area contributed by atoms with Gasteiger partial charge in [0.15, 0.2) is 6.61 Å². The van der Waals surface area contributed by atoms with E-state index in [1.165, 1.54) is 16.2 Å². The van der Waals surface area contributed by atoms with Gasteiger partial charge in [0.2, 0.25) is 11.8 Å². The minimum Gasteiger partial charge on any atom is -0.497 e. The maximum absolute atomic E-state index is 14.0. The first-order chi connectivity index (χ1) is 22.3. The lowest BCUT2D eigenvalue weighted by Gasteiger charge is -2.43. The van der Waals surface area contributed by atoms with E-state index in [0.29, 0.717) is 17.2 Å². The molecule has 1 saturated heterocycles. The van der Waals surface area contributed by atoms with Crippen LogP contribution in [0.25, 0.3) is 0 Å². The molecule has 234 valence electrons. The molecule has 46 heavy (non-hydrogen) atoms. The highest BCUT2D eigenvalue weighted by atomic mass is 32.2. The molecule has 7 atom stereocenters. The van der Waals surface area contributed by atoms with E-state index >= 15 is 0 Å². The van der Waals surface area contributed by atoms with Gasteiger partial charge in [-0.1, -0.05) is 41.7 Å². The summed E-state index contributed by atoms with van der Waals surface area (Å²) in [5.41, 5.74) is 3.24. The van der Waals surface area contributed by atoms with Crippen molar-refractivity contribution in [2.75, 3.05) is 23.9 Å². The molecule has 2 N–H and O–H groups in total. The number of carbonyl (C=O) groups is 3. The number of imide groups is 1. The second kappa shape index (κ2) is 11.2. The highest BCUT2D eigenvalue weighted by molar-refractivity contribution is 8.00. The van der Waals surface area contributed by atoms with Crippen LogP contribution in [-0.4, -0.2) is 41.7 Å². The number of hydrogen-bond donors (Lipinski definition) is 2. The molecule has 2 bridgehead atoms. The van der Waals surface area contributed by atoms with Gasteiger partial charge in [-0.2, -0.15) is 0 Å². The lowest BCUT2D eigenvalue weighted by molar-refractivity contribution is -0.123. The molecule has 6 unspecified atom stereocenters. The number of methoxy groups -OCH3 is 1. The highest BCUT2D eigenvalue weighted by Crippen LogP contribution is 2.68. The van der Waals surface area contributed by atoms with Crippen LogP contribution in [0.15, 0.2) is 82.6 Å². The minimum absolute atomic E-state index is 0.00739. The standard InChI is InChI=1S/C35H31N3O6S2/c1-17-6-3-4-9-24(17)36-25(39)16-44-21-8-5-7-18(14-21)26-27-22-15-23(30(27)45-32-31(26)46-35(42)37-32)29-28(22)33(40)38(34(29)41)19-10-12-20(43-2)13-11-19/h3-14,22-23,26-30H,15-16H2,1-2H3,(H,36,39)(H,37,42)/t22?,23?,26-,27?,28?,29?,30?/m1/s1. The average Bonchev–Trinajstić information content (AvgIpc) is 3.80. The molecule has 3 fully saturated rings. The maximum atomic E-state index is 14.0. The smallest absolute Gasteiger partial charge is 0.305 e. The van der Waals surface area contributed by atoms with E-state index in [2.05, 4.69) is 10.3 Å². The Balaban J connectivity index is 1.08. The highest BCUT2D eigenvalue weighted by Gasteiger charge is 2.69. The first-order valence-corrected chi connectivity index (χ1v) is 17.0. The second-order valence-electron chi connectivity index (χ2n) is 12.4. The zero-order chi connectivity index (χ0) is 31.7. The number of nitrogens with one attached hydrogen (secondary N) is 2. The van der Waals surface area contributed by atoms with Gasteiger partial charge in [-0.15, -0.1) is 11.8 Å². The zero-order valence-corrected chi connectivity index (χ0v) is 26.7. The third-order valence-corrected chi connectivity index (χ3v) is 12.6. The Labute approximate surface area is 273 Å². The van der Waals surface area contributed by atoms with E-state index in [-0.39, 0.29) is 64.0 Å². The topological polar surface area (TPSA) is 118 Å². The third kappa shape index (κ3) is 4.59. The third-order valence-electron chi connectivity index (χ3n) is 10.1. The number of thiazole rings is 1. The number of aromatic nitrogens is 1. The second-order valence-corrected chi connectivity index (χ2v) is 14.6. The van der Waals surface area contributed by atoms with Crippen LogP contribution < -0.4 is 24.6 Å². The van der Waals surface area contributed by atoms with Crippen molar-refractivity contribution in [3.63, 3.8) is 0 Å². The molecule has 2 aliphatic heterocycles. The Hall–Kier alpha value is -4.35. The SMILES string of the molecule is COc1ccc(N2C(=O)C3C4CC(C3C2=O)C2C4Sc3[nH]c(=O)sc3[C@@H]2c2cccc(OCC(=O)Nc3ccccc3C)c2)cc1. The number of anilines is 2. The van der Waals surface area contributed by atoms with E-state index in [1.807, 2.05) is 55.5 Å². The number of hydrogen-bond acceptors (Lipinski definition) is 8. The van der Waals surface area contributed by atoms with E-state index in [9.17, 15) is 19.2 Å². The molecule has 3 heterocycles. The number of benzene rings is 3. The van der Waals surface area contributed by atoms with Gasteiger partial charge in [-0.25, -0.2) is 0 Å². The summed E-state index contributed by atoms with van der Waals surface area (Å²) in [6, 6.07) is 22.3. The Morgan fingerprint density at radius 3 is 2.48 bits per heavy atom. The number of nitrogens with zero attached hydrogens (tertiary/aromatic N) is 1. The fourth-order valence-corrected chi connectivity index (χ4v) is 11.1. The van der Waals surface area contributed by atoms with Crippen molar-refractivity contribution in [3.05, 3.63) is 98.5 Å². The Morgan fingerprint density at radius 1 is 0.957 bits per heavy atom. The van der Waals surface area contributed by atoms with E-state index in [1.54, 1.807) is 43.1 Å². The van der Waals surface area contributed by atoms with Gasteiger partial charge in [-0.3, -0.25) is 24.1 Å². The predicted octanol–water partition coefficient (Wildman–Crippen LogP) is 5.45. The number of rotatable bonds is 7. The molecular weight excluding hydrogens is 623 g/mol. The molecule has 3 aromatic carbocycles. The summed E-state index contributed by atoms with van der Waals surface area (Å²) >= 11 is 2.87. The van der Waals surface area contributed by atoms with E-state index in [4.69, 9.17) is 9.47 Å². The number of amides is 3. The molecule has 2 aliphatic carbocycles. The normalized spacial score (nSPS) is 27.3. The lowest BCUT2D eigenvalue weighted by atomic mass is 9.68. The van der Waals surface area contributed by atoms with Crippen molar-refractivity contribution in [1.82, 2.24) is 4.98 Å². The molecule has 1 aromatic heterocycles. The van der Waals surface area contributed by atoms with Gasteiger partial charge >= 0.3 is 4.87 Å². The first-order valence-electron chi connectivity index (χ1n) is 15.3. The van der Waals surface area contributed by atoms with Gasteiger partial charge in [0.1, 0.15) is 11.5 Å². The monoisotopic (exact) mass is 653 g/mol. The van der Waals surface area contributed by atoms with Crippen LogP contribution in [0.4, 0.5) is 11.4 Å². The van der Waals surface area contributed by atoms with Crippen LogP contribution >= 0.6 is 23.1 Å². The fraction of sp³-hybridized carbons (Fsp3) is 0.314. The Bertz CT molecular complexity index is 1940. The molecule has 3 amide bonds. The predicted molar refractivity (Wildman–Crippen MR) is 176 cm³/mol. The van der Waals surface area contributed by atoms with Crippen LogP contribution in [-0.2, 0) is 14.4 Å². The average molecular weight is 654 g/mol. The van der Waals surface area contributed by atoms with E-state index < -0.39 is 5.92 Å². The maximum Gasteiger partial charge on any atom is 0.305 e. The van der Waals surface area contributed by atoms with Crippen molar-refractivity contribution in [3.8, 4) is 11.5 Å². The fourth-order valence-electron chi connectivity index (χ4n) is 8.22. The number of H-pyrrole nitrogens is 1. The molecule has 11 heteroatoms. The van der Waals surface area contributed by atoms with Gasteiger partial charge in [0, 0.05) is 21.7 Å². The quantitative estimate of drug-likeness (QED) is 0.255. The number of carbonyl (C=O) groups excluding carboxylic acids is 3. The van der Waals surface area contributed by atoms with Crippen LogP contribution in [0, 0.1) is 36.5 Å². The van der Waals surface area contributed by atoms with Crippen molar-refractivity contribution in [2.24, 2.45) is 29.6 Å². The molecule has 2 saturated carbocycles. The summed E-state index contributed by atoms with van der Waals surface area (Å²) in [6.07, 6.45) is 0.802. The lowest BCUT2D eigenvalue weighted by Crippen LogP contribution is -2.42. The molecule has 9 nitrogen and oxygen atoms in total. The number of aromatic amines is 1. The molecule has 4 aromatic rings. The number of para-hydroxylation sites is 1. The van der Waals surface area contributed by atoms with Crippen LogP contribution in [0.3, 0.4) is 0 Å². The molecular formula is C35H31N3O6S2. The number of ether oxygens (including phenoxy) is 2. The minimum atomic E-state index is -0.397. The van der Waals surface area contributed by atoms with Crippen LogP contribution in [0.1, 0.15) is 28.3 Å². The van der Waals surface area contributed by atoms with Crippen LogP contribution in [0.2, 0.25) is 0 Å². The molecule has 4 aliphatic rings. The summed E-state index contributed by atoms with van der Waals surface area (Å²) in [4.78, 5) is 58.5. The largest absolute Gasteiger partial charge is 0.497 e. The van der Waals surface area contributed by atoms with Crippen molar-refractivity contribution >= 4 is 52.2 Å². The summed E-state index contributed by atoms with van der Waals surface area (Å²) < 4.78 is 11.2. The van der Waals surface area contributed by atoms with Crippen molar-refractivity contribution in [1.29, 1.82) is 0 Å². The summed E-state index contributed by atoms with van der Waals surface area (Å²) in [5.74, 6) is -0.168.